The summed E-state index contributed by atoms with van der Waals surface area (Å²) in [5.74, 6) is 1.80. The molecule has 3 saturated carbocycles. The summed E-state index contributed by atoms with van der Waals surface area (Å²) in [4.78, 5) is 23.5. The summed E-state index contributed by atoms with van der Waals surface area (Å²) >= 11 is 0. The number of carbonyl (C=O) groups excluding carboxylic acids is 2. The zero-order valence-corrected chi connectivity index (χ0v) is 13.6. The summed E-state index contributed by atoms with van der Waals surface area (Å²) in [5.41, 5.74) is 0. The van der Waals surface area contributed by atoms with Gasteiger partial charge in [-0.2, -0.15) is 0 Å². The molecule has 0 aromatic carbocycles. The molecule has 0 N–H and O–H groups in total. The van der Waals surface area contributed by atoms with Crippen molar-refractivity contribution in [1.29, 1.82) is 0 Å². The maximum atomic E-state index is 11.8. The topological polar surface area (TPSA) is 65.1 Å². The number of epoxide rings is 1. The summed E-state index contributed by atoms with van der Waals surface area (Å²) < 4.78 is 16.0. The molecule has 4 aliphatic rings. The minimum atomic E-state index is -0.459. The molecule has 5 nitrogen and oxygen atoms in total. The van der Waals surface area contributed by atoms with Crippen LogP contribution in [0.2, 0.25) is 0 Å². The van der Waals surface area contributed by atoms with Crippen LogP contribution in [0.1, 0.15) is 66.2 Å². The van der Waals surface area contributed by atoms with E-state index in [0.29, 0.717) is 37.3 Å². The molecule has 4 rings (SSSR count). The average Bonchev–Trinajstić information content (AvgIpc) is 3.43. The van der Waals surface area contributed by atoms with Crippen molar-refractivity contribution in [2.24, 2.45) is 23.7 Å². The highest BCUT2D eigenvalue weighted by Gasteiger charge is 2.44. The lowest BCUT2D eigenvalue weighted by molar-refractivity contribution is -0.156. The van der Waals surface area contributed by atoms with Crippen LogP contribution in [0.15, 0.2) is 0 Å². The third-order valence-corrected chi connectivity index (χ3v) is 6.01. The summed E-state index contributed by atoms with van der Waals surface area (Å²) in [7, 11) is 0. The van der Waals surface area contributed by atoms with Crippen LogP contribution in [0.4, 0.5) is 0 Å². The Kier molecular flexibility index (Phi) is 6.89. The van der Waals surface area contributed by atoms with Crippen LogP contribution in [0.3, 0.4) is 0 Å². The van der Waals surface area contributed by atoms with Crippen LogP contribution in [-0.4, -0.2) is 37.4 Å². The smallest absolute Gasteiger partial charge is 0.317 e. The molecule has 0 aromatic heterocycles. The zero-order chi connectivity index (χ0) is 15.8. The maximum absolute atomic E-state index is 11.8. The van der Waals surface area contributed by atoms with E-state index in [2.05, 4.69) is 0 Å². The molecule has 0 amide bonds. The maximum Gasteiger partial charge on any atom is 0.317 e. The Balaban J connectivity index is 0.00000113. The Bertz CT molecular complexity index is 435. The number of ether oxygens (including phenoxy) is 3. The quantitative estimate of drug-likeness (QED) is 0.413. The van der Waals surface area contributed by atoms with Gasteiger partial charge in [0.25, 0.3) is 0 Å². The van der Waals surface area contributed by atoms with Gasteiger partial charge in [0.2, 0.25) is 0 Å². The van der Waals surface area contributed by atoms with Gasteiger partial charge in [-0.1, -0.05) is 14.9 Å². The summed E-state index contributed by atoms with van der Waals surface area (Å²) in [6, 6.07) is 0. The van der Waals surface area contributed by atoms with Crippen molar-refractivity contribution in [2.75, 3.05) is 13.2 Å². The summed E-state index contributed by atoms with van der Waals surface area (Å²) in [6.45, 7) is 0.878. The normalized spacial score (nSPS) is 37.3. The highest BCUT2D eigenvalue weighted by atomic mass is 16.6. The third kappa shape index (κ3) is 5.44. The number of hydrogen-bond acceptors (Lipinski definition) is 5. The van der Waals surface area contributed by atoms with Gasteiger partial charge >= 0.3 is 11.9 Å². The second kappa shape index (κ2) is 8.52. The monoisotopic (exact) mass is 354 g/mol. The van der Waals surface area contributed by atoms with Crippen LogP contribution in [0, 0.1) is 23.7 Å². The Morgan fingerprint density at radius 3 is 2.04 bits per heavy atom. The fraction of sp³-hybridized carbons (Fsp3) is 0.900. The molecule has 1 heterocycles. The van der Waals surface area contributed by atoms with E-state index < -0.39 is 11.9 Å². The van der Waals surface area contributed by atoms with Crippen molar-refractivity contribution < 1.29 is 23.8 Å². The lowest BCUT2D eigenvalue weighted by Gasteiger charge is -2.21. The Morgan fingerprint density at radius 2 is 1.40 bits per heavy atom. The molecule has 6 atom stereocenters. The number of carbonyl (C=O) groups is 2. The summed E-state index contributed by atoms with van der Waals surface area (Å²) in [6.07, 6.45) is 8.67. The van der Waals surface area contributed by atoms with E-state index in [-0.39, 0.29) is 21.3 Å². The first kappa shape index (κ1) is 20.2. The van der Waals surface area contributed by atoms with E-state index in [9.17, 15) is 9.59 Å². The van der Waals surface area contributed by atoms with Gasteiger partial charge in [0.05, 0.1) is 25.4 Å². The highest BCUT2D eigenvalue weighted by molar-refractivity contribution is 5.91. The molecule has 4 fully saturated rings. The molecular weight excluding hydrogens is 320 g/mol. The van der Waals surface area contributed by atoms with E-state index in [1.165, 1.54) is 19.3 Å². The van der Waals surface area contributed by atoms with Crippen molar-refractivity contribution in [2.45, 2.75) is 78.4 Å². The number of esters is 2. The van der Waals surface area contributed by atoms with Gasteiger partial charge in [0.1, 0.15) is 6.42 Å². The lowest BCUT2D eigenvalue weighted by Crippen LogP contribution is -2.23. The predicted octanol–water partition coefficient (Wildman–Crippen LogP) is 3.74. The molecule has 0 bridgehead atoms. The van der Waals surface area contributed by atoms with E-state index in [4.69, 9.17) is 14.2 Å². The molecule has 0 aromatic rings. The SMILES string of the molecule is C.C.O=C(CC(=O)OCC1CCC2OC2C1)OCC1CCC2CC2C1. The molecule has 25 heavy (non-hydrogen) atoms. The molecule has 1 aliphatic heterocycles. The molecule has 0 spiro atoms. The van der Waals surface area contributed by atoms with E-state index in [1.807, 2.05) is 0 Å². The molecule has 5 heteroatoms. The first-order valence-corrected chi connectivity index (χ1v) is 9.14. The predicted molar refractivity (Wildman–Crippen MR) is 94.9 cm³/mol. The fourth-order valence-corrected chi connectivity index (χ4v) is 4.38. The van der Waals surface area contributed by atoms with Crippen molar-refractivity contribution in [3.63, 3.8) is 0 Å². The molecule has 0 radical (unpaired) electrons. The van der Waals surface area contributed by atoms with Crippen LogP contribution in [-0.2, 0) is 23.8 Å². The average molecular weight is 354 g/mol. The molecule has 3 aliphatic carbocycles. The lowest BCUT2D eigenvalue weighted by atomic mass is 9.90. The van der Waals surface area contributed by atoms with Crippen LogP contribution in [0.25, 0.3) is 0 Å². The number of hydrogen-bond donors (Lipinski definition) is 0. The minimum Gasteiger partial charge on any atom is -0.465 e. The second-order valence-electron chi connectivity index (χ2n) is 7.87. The van der Waals surface area contributed by atoms with Gasteiger partial charge in [0, 0.05) is 0 Å². The highest BCUT2D eigenvalue weighted by Crippen LogP contribution is 2.51. The zero-order valence-electron chi connectivity index (χ0n) is 13.6. The minimum absolute atomic E-state index is 0. The number of rotatable bonds is 6. The van der Waals surface area contributed by atoms with Crippen molar-refractivity contribution >= 4 is 11.9 Å². The van der Waals surface area contributed by atoms with Gasteiger partial charge in [-0.3, -0.25) is 9.59 Å². The third-order valence-electron chi connectivity index (χ3n) is 6.01. The second-order valence-corrected chi connectivity index (χ2v) is 7.87. The number of fused-ring (bicyclic) bond motifs is 2. The van der Waals surface area contributed by atoms with Crippen LogP contribution in [0.5, 0.6) is 0 Å². The first-order valence-electron chi connectivity index (χ1n) is 9.14. The Morgan fingerprint density at radius 1 is 0.760 bits per heavy atom. The van der Waals surface area contributed by atoms with E-state index >= 15 is 0 Å². The largest absolute Gasteiger partial charge is 0.465 e. The van der Waals surface area contributed by atoms with Crippen molar-refractivity contribution in [1.82, 2.24) is 0 Å². The van der Waals surface area contributed by atoms with Crippen LogP contribution < -0.4 is 0 Å². The first-order chi connectivity index (χ1) is 11.2. The van der Waals surface area contributed by atoms with E-state index in [1.54, 1.807) is 0 Å². The summed E-state index contributed by atoms with van der Waals surface area (Å²) in [5, 5.41) is 0. The Labute approximate surface area is 151 Å². The molecule has 6 unspecified atom stereocenters. The molecular formula is C20H34O5. The van der Waals surface area contributed by atoms with Gasteiger partial charge in [-0.15, -0.1) is 0 Å². The van der Waals surface area contributed by atoms with Crippen molar-refractivity contribution in [3.8, 4) is 0 Å². The van der Waals surface area contributed by atoms with Gasteiger partial charge in [0.15, 0.2) is 0 Å². The molecule has 1 saturated heterocycles. The van der Waals surface area contributed by atoms with Gasteiger partial charge in [-0.25, -0.2) is 0 Å². The fourth-order valence-electron chi connectivity index (χ4n) is 4.38. The van der Waals surface area contributed by atoms with Crippen molar-refractivity contribution in [3.05, 3.63) is 0 Å². The Hall–Kier alpha value is -1.10. The van der Waals surface area contributed by atoms with Gasteiger partial charge < -0.3 is 14.2 Å². The standard InChI is InChI=1S/C18H26O5.2CH4/c19-17(21-9-11-1-3-13-7-14(13)5-11)8-18(20)22-10-12-2-4-15-16(6-12)23-15;;/h11-16H,1-10H2;2*1H4. The van der Waals surface area contributed by atoms with E-state index in [0.717, 1.165) is 37.5 Å². The van der Waals surface area contributed by atoms with Crippen LogP contribution >= 0.6 is 0 Å². The molecule has 144 valence electrons. The van der Waals surface area contributed by atoms with Gasteiger partial charge in [-0.05, 0) is 68.6 Å².